The lowest BCUT2D eigenvalue weighted by Crippen LogP contribution is -2.53. The van der Waals surface area contributed by atoms with Crippen LogP contribution >= 0.6 is 0 Å². The maximum absolute atomic E-state index is 12.7. The average molecular weight is 353 g/mol. The molecule has 0 spiro atoms. The summed E-state index contributed by atoms with van der Waals surface area (Å²) in [6.45, 7) is 3.17. The standard InChI is InChI=1S/C20H23N3O3/c1-2-12-21-19(24)18-14-23(16-10-6-7-11-17(16)26-18)20(25)22-13-15-8-4-3-5-9-15/h3-11,18H,2,12-14H2,1H3,(H,21,24)(H,22,25). The van der Waals surface area contributed by atoms with Crippen LogP contribution in [-0.2, 0) is 11.3 Å². The van der Waals surface area contributed by atoms with Gasteiger partial charge in [-0.05, 0) is 24.1 Å². The van der Waals surface area contributed by atoms with E-state index in [1.807, 2.05) is 55.5 Å². The summed E-state index contributed by atoms with van der Waals surface area (Å²) in [5, 5.41) is 5.74. The number of anilines is 1. The van der Waals surface area contributed by atoms with E-state index in [1.165, 1.54) is 0 Å². The SMILES string of the molecule is CCCNC(=O)C1CN(C(=O)NCc2ccccc2)c2ccccc2O1. The summed E-state index contributed by atoms with van der Waals surface area (Å²) in [4.78, 5) is 26.6. The second-order valence-electron chi connectivity index (χ2n) is 6.12. The second-order valence-corrected chi connectivity index (χ2v) is 6.12. The number of amides is 3. The van der Waals surface area contributed by atoms with Gasteiger partial charge in [-0.3, -0.25) is 9.69 Å². The van der Waals surface area contributed by atoms with E-state index >= 15 is 0 Å². The molecule has 1 aliphatic heterocycles. The summed E-state index contributed by atoms with van der Waals surface area (Å²) >= 11 is 0. The fraction of sp³-hybridized carbons (Fsp3) is 0.300. The Bertz CT molecular complexity index is 764. The van der Waals surface area contributed by atoms with Gasteiger partial charge in [0.25, 0.3) is 5.91 Å². The fourth-order valence-corrected chi connectivity index (χ4v) is 2.79. The van der Waals surface area contributed by atoms with E-state index in [0.717, 1.165) is 12.0 Å². The van der Waals surface area contributed by atoms with Crippen molar-refractivity contribution in [2.24, 2.45) is 0 Å². The van der Waals surface area contributed by atoms with Crippen molar-refractivity contribution in [3.63, 3.8) is 0 Å². The molecule has 1 heterocycles. The van der Waals surface area contributed by atoms with Crippen LogP contribution in [0.1, 0.15) is 18.9 Å². The van der Waals surface area contributed by atoms with Crippen molar-refractivity contribution in [3.05, 3.63) is 60.2 Å². The molecule has 2 aromatic rings. The first-order chi connectivity index (χ1) is 12.7. The Labute approximate surface area is 153 Å². The molecule has 0 bridgehead atoms. The van der Waals surface area contributed by atoms with Crippen LogP contribution in [0, 0.1) is 0 Å². The minimum Gasteiger partial charge on any atom is -0.477 e. The number of rotatable bonds is 5. The van der Waals surface area contributed by atoms with Gasteiger partial charge in [-0.25, -0.2) is 4.79 Å². The zero-order valence-corrected chi connectivity index (χ0v) is 14.8. The van der Waals surface area contributed by atoms with Crippen molar-refractivity contribution in [2.45, 2.75) is 26.0 Å². The van der Waals surface area contributed by atoms with Crippen LogP contribution in [0.3, 0.4) is 0 Å². The first-order valence-electron chi connectivity index (χ1n) is 8.81. The lowest BCUT2D eigenvalue weighted by molar-refractivity contribution is -0.127. The van der Waals surface area contributed by atoms with Gasteiger partial charge in [0.1, 0.15) is 5.75 Å². The van der Waals surface area contributed by atoms with E-state index in [0.29, 0.717) is 24.5 Å². The highest BCUT2D eigenvalue weighted by Gasteiger charge is 2.33. The molecular weight excluding hydrogens is 330 g/mol. The molecule has 26 heavy (non-hydrogen) atoms. The molecule has 0 fully saturated rings. The minimum atomic E-state index is -0.723. The third-order valence-corrected chi connectivity index (χ3v) is 4.15. The Morgan fingerprint density at radius 1 is 1.08 bits per heavy atom. The van der Waals surface area contributed by atoms with E-state index in [4.69, 9.17) is 4.74 Å². The first kappa shape index (κ1) is 17.8. The number of fused-ring (bicyclic) bond motifs is 1. The molecule has 0 saturated carbocycles. The third-order valence-electron chi connectivity index (χ3n) is 4.15. The van der Waals surface area contributed by atoms with Gasteiger partial charge in [-0.1, -0.05) is 49.4 Å². The molecule has 0 aliphatic carbocycles. The quantitative estimate of drug-likeness (QED) is 0.868. The van der Waals surface area contributed by atoms with E-state index in [9.17, 15) is 9.59 Å². The number of hydrogen-bond acceptors (Lipinski definition) is 3. The Morgan fingerprint density at radius 3 is 2.58 bits per heavy atom. The van der Waals surface area contributed by atoms with Crippen molar-refractivity contribution in [2.75, 3.05) is 18.0 Å². The molecule has 0 radical (unpaired) electrons. The molecule has 3 rings (SSSR count). The Balaban J connectivity index is 1.73. The second kappa shape index (κ2) is 8.38. The van der Waals surface area contributed by atoms with Crippen LogP contribution in [-0.4, -0.2) is 31.1 Å². The van der Waals surface area contributed by atoms with Gasteiger partial charge in [-0.2, -0.15) is 0 Å². The monoisotopic (exact) mass is 353 g/mol. The summed E-state index contributed by atoms with van der Waals surface area (Å²) in [6.07, 6.45) is 0.120. The minimum absolute atomic E-state index is 0.174. The molecule has 0 aromatic heterocycles. The Morgan fingerprint density at radius 2 is 1.81 bits per heavy atom. The van der Waals surface area contributed by atoms with Crippen molar-refractivity contribution in [1.29, 1.82) is 0 Å². The predicted molar refractivity (Wildman–Crippen MR) is 100 cm³/mol. The van der Waals surface area contributed by atoms with E-state index in [1.54, 1.807) is 11.0 Å². The van der Waals surface area contributed by atoms with Gasteiger partial charge in [0.2, 0.25) is 0 Å². The molecule has 3 amide bonds. The Kier molecular flexibility index (Phi) is 5.73. The first-order valence-corrected chi connectivity index (χ1v) is 8.81. The molecule has 1 atom stereocenters. The average Bonchev–Trinajstić information content (AvgIpc) is 2.70. The number of benzene rings is 2. The number of nitrogens with zero attached hydrogens (tertiary/aromatic N) is 1. The Hall–Kier alpha value is -3.02. The van der Waals surface area contributed by atoms with Crippen molar-refractivity contribution in [1.82, 2.24) is 10.6 Å². The summed E-state index contributed by atoms with van der Waals surface area (Å²) in [6, 6.07) is 16.7. The smallest absolute Gasteiger partial charge is 0.322 e. The molecule has 136 valence electrons. The largest absolute Gasteiger partial charge is 0.477 e. The number of nitrogens with one attached hydrogen (secondary N) is 2. The van der Waals surface area contributed by atoms with Gasteiger partial charge >= 0.3 is 6.03 Å². The summed E-state index contributed by atoms with van der Waals surface area (Å²) in [7, 11) is 0. The summed E-state index contributed by atoms with van der Waals surface area (Å²) in [5.41, 5.74) is 1.68. The number of urea groups is 1. The zero-order chi connectivity index (χ0) is 18.4. The van der Waals surface area contributed by atoms with Crippen LogP contribution in [0.15, 0.2) is 54.6 Å². The number of carbonyl (C=O) groups excluding carboxylic acids is 2. The van der Waals surface area contributed by atoms with Gasteiger partial charge in [0.15, 0.2) is 6.10 Å². The van der Waals surface area contributed by atoms with Crippen molar-refractivity contribution < 1.29 is 14.3 Å². The molecular formula is C20H23N3O3. The highest BCUT2D eigenvalue weighted by molar-refractivity contribution is 5.96. The molecule has 2 N–H and O–H groups in total. The number of carbonyl (C=O) groups is 2. The van der Waals surface area contributed by atoms with Crippen LogP contribution in [0.25, 0.3) is 0 Å². The lowest BCUT2D eigenvalue weighted by Gasteiger charge is -2.34. The molecule has 1 aliphatic rings. The fourth-order valence-electron chi connectivity index (χ4n) is 2.79. The summed E-state index contributed by atoms with van der Waals surface area (Å²) < 4.78 is 5.80. The zero-order valence-electron chi connectivity index (χ0n) is 14.8. The van der Waals surface area contributed by atoms with E-state index in [-0.39, 0.29) is 18.5 Å². The maximum atomic E-state index is 12.7. The van der Waals surface area contributed by atoms with Gasteiger partial charge < -0.3 is 15.4 Å². The van der Waals surface area contributed by atoms with Gasteiger partial charge in [-0.15, -0.1) is 0 Å². The van der Waals surface area contributed by atoms with Crippen LogP contribution in [0.5, 0.6) is 5.75 Å². The topological polar surface area (TPSA) is 70.7 Å². The molecule has 6 nitrogen and oxygen atoms in total. The van der Waals surface area contributed by atoms with Crippen LogP contribution < -0.4 is 20.3 Å². The number of hydrogen-bond donors (Lipinski definition) is 2. The normalized spacial score (nSPS) is 15.6. The molecule has 2 aromatic carbocycles. The maximum Gasteiger partial charge on any atom is 0.322 e. The number of para-hydroxylation sites is 2. The highest BCUT2D eigenvalue weighted by atomic mass is 16.5. The third kappa shape index (κ3) is 4.14. The summed E-state index contributed by atoms with van der Waals surface area (Å²) in [5.74, 6) is 0.326. The van der Waals surface area contributed by atoms with Crippen molar-refractivity contribution >= 4 is 17.6 Å². The predicted octanol–water partition coefficient (Wildman–Crippen LogP) is 2.69. The van der Waals surface area contributed by atoms with Gasteiger partial charge in [0, 0.05) is 13.1 Å². The molecule has 0 saturated heterocycles. The van der Waals surface area contributed by atoms with E-state index < -0.39 is 6.10 Å². The van der Waals surface area contributed by atoms with Crippen LogP contribution in [0.4, 0.5) is 10.5 Å². The lowest BCUT2D eigenvalue weighted by atomic mass is 10.2. The number of ether oxygens (including phenoxy) is 1. The van der Waals surface area contributed by atoms with Crippen molar-refractivity contribution in [3.8, 4) is 5.75 Å². The van der Waals surface area contributed by atoms with E-state index in [2.05, 4.69) is 10.6 Å². The molecule has 1 unspecified atom stereocenters. The van der Waals surface area contributed by atoms with Crippen LogP contribution in [0.2, 0.25) is 0 Å². The molecule has 6 heteroatoms. The van der Waals surface area contributed by atoms with Gasteiger partial charge in [0.05, 0.1) is 12.2 Å². The highest BCUT2D eigenvalue weighted by Crippen LogP contribution is 2.33.